The smallest absolute Gasteiger partial charge is 0.127 e. The van der Waals surface area contributed by atoms with E-state index in [-0.39, 0.29) is 0 Å². The predicted octanol–water partition coefficient (Wildman–Crippen LogP) is 1.34. The molecule has 0 aromatic heterocycles. The molecule has 0 aliphatic carbocycles. The molecule has 1 heterocycles. The maximum absolute atomic E-state index is 5.95. The van der Waals surface area contributed by atoms with Crippen molar-refractivity contribution in [1.29, 1.82) is 0 Å². The fourth-order valence-electron chi connectivity index (χ4n) is 3.15. The van der Waals surface area contributed by atoms with Gasteiger partial charge in [0.1, 0.15) is 32.7 Å². The summed E-state index contributed by atoms with van der Waals surface area (Å²) in [4.78, 5) is 3.38. The summed E-state index contributed by atoms with van der Waals surface area (Å²) < 4.78 is 0. The van der Waals surface area contributed by atoms with Crippen molar-refractivity contribution >= 4 is 17.7 Å². The third-order valence-electron chi connectivity index (χ3n) is 4.55. The van der Waals surface area contributed by atoms with Crippen LogP contribution in [0, 0.1) is 0 Å². The first kappa shape index (κ1) is 16.3. The van der Waals surface area contributed by atoms with Crippen LogP contribution in [-0.4, -0.2) is 32.7 Å². The largest absolute Gasteiger partial charge is 0.322 e. The van der Waals surface area contributed by atoms with Gasteiger partial charge in [0.25, 0.3) is 0 Å². The van der Waals surface area contributed by atoms with Crippen LogP contribution in [0.3, 0.4) is 0 Å². The summed E-state index contributed by atoms with van der Waals surface area (Å²) in [7, 11) is 0. The summed E-state index contributed by atoms with van der Waals surface area (Å²) >= 11 is 5.95. The maximum Gasteiger partial charge on any atom is 0.127 e. The van der Waals surface area contributed by atoms with Crippen molar-refractivity contribution in [2.45, 2.75) is 6.54 Å². The van der Waals surface area contributed by atoms with E-state index in [9.17, 15) is 0 Å². The molecule has 0 unspecified atom stereocenters. The average Bonchev–Trinajstić information content (AvgIpc) is 2.59. The lowest BCUT2D eigenvalue weighted by Gasteiger charge is -2.29. The lowest BCUT2D eigenvalue weighted by molar-refractivity contribution is -1.02. The molecular weight excluding hydrogens is 304 g/mol. The fourth-order valence-corrected chi connectivity index (χ4v) is 3.28. The van der Waals surface area contributed by atoms with Crippen LogP contribution in [0.4, 0.5) is 0 Å². The highest BCUT2D eigenvalue weighted by Gasteiger charge is 2.21. The number of benzene rings is 2. The van der Waals surface area contributed by atoms with Gasteiger partial charge in [-0.1, -0.05) is 60.1 Å². The topological polar surface area (TPSA) is 8.88 Å². The Morgan fingerprint density at radius 2 is 1.48 bits per heavy atom. The van der Waals surface area contributed by atoms with Gasteiger partial charge in [0, 0.05) is 10.6 Å². The van der Waals surface area contributed by atoms with E-state index in [1.54, 1.807) is 9.80 Å². The molecular formula is C20H25ClN2+2. The molecule has 0 bridgehead atoms. The lowest BCUT2D eigenvalue weighted by Crippen LogP contribution is -3.27. The van der Waals surface area contributed by atoms with E-state index in [2.05, 4.69) is 54.6 Å². The van der Waals surface area contributed by atoms with E-state index < -0.39 is 0 Å². The second-order valence-corrected chi connectivity index (χ2v) is 6.76. The zero-order valence-corrected chi connectivity index (χ0v) is 14.2. The van der Waals surface area contributed by atoms with Gasteiger partial charge in [-0.15, -0.1) is 0 Å². The van der Waals surface area contributed by atoms with E-state index >= 15 is 0 Å². The van der Waals surface area contributed by atoms with Crippen LogP contribution in [0.25, 0.3) is 6.08 Å². The molecule has 2 aromatic rings. The Bertz CT molecular complexity index is 614. The van der Waals surface area contributed by atoms with Crippen molar-refractivity contribution in [3.8, 4) is 0 Å². The van der Waals surface area contributed by atoms with Crippen molar-refractivity contribution in [1.82, 2.24) is 0 Å². The SMILES string of the molecule is Clc1ccc(C[NH+]2CC[NH+](C/C=C/c3ccccc3)CC2)cc1. The van der Waals surface area contributed by atoms with E-state index in [4.69, 9.17) is 11.6 Å². The van der Waals surface area contributed by atoms with Gasteiger partial charge in [-0.05, 0) is 23.8 Å². The molecule has 23 heavy (non-hydrogen) atoms. The third kappa shape index (κ3) is 5.21. The number of hydrogen-bond donors (Lipinski definition) is 2. The molecule has 0 saturated carbocycles. The molecule has 1 saturated heterocycles. The van der Waals surface area contributed by atoms with Crippen LogP contribution in [0.1, 0.15) is 11.1 Å². The molecule has 1 aliphatic heterocycles. The van der Waals surface area contributed by atoms with Crippen molar-refractivity contribution in [3.05, 3.63) is 76.8 Å². The Morgan fingerprint density at radius 3 is 2.17 bits per heavy atom. The Balaban J connectivity index is 1.41. The summed E-state index contributed by atoms with van der Waals surface area (Å²) in [6, 6.07) is 18.8. The van der Waals surface area contributed by atoms with E-state index in [0.29, 0.717) is 0 Å². The van der Waals surface area contributed by atoms with Gasteiger partial charge in [0.05, 0.1) is 6.54 Å². The minimum absolute atomic E-state index is 0.822. The molecule has 2 nitrogen and oxygen atoms in total. The van der Waals surface area contributed by atoms with Gasteiger partial charge >= 0.3 is 0 Å². The minimum atomic E-state index is 0.822. The van der Waals surface area contributed by atoms with Crippen LogP contribution in [0.15, 0.2) is 60.7 Å². The molecule has 3 rings (SSSR count). The van der Waals surface area contributed by atoms with E-state index in [1.807, 2.05) is 12.1 Å². The highest BCUT2D eigenvalue weighted by molar-refractivity contribution is 6.30. The third-order valence-corrected chi connectivity index (χ3v) is 4.80. The number of hydrogen-bond acceptors (Lipinski definition) is 0. The zero-order valence-electron chi connectivity index (χ0n) is 13.5. The number of quaternary nitrogens is 2. The predicted molar refractivity (Wildman–Crippen MR) is 96.9 cm³/mol. The van der Waals surface area contributed by atoms with Gasteiger partial charge in [-0.2, -0.15) is 0 Å². The average molecular weight is 329 g/mol. The Labute approximate surface area is 144 Å². The van der Waals surface area contributed by atoms with Gasteiger partial charge in [-0.3, -0.25) is 0 Å². The van der Waals surface area contributed by atoms with E-state index in [1.165, 1.54) is 37.3 Å². The van der Waals surface area contributed by atoms with E-state index in [0.717, 1.165) is 18.1 Å². The van der Waals surface area contributed by atoms with Gasteiger partial charge in [0.15, 0.2) is 0 Å². The molecule has 1 aliphatic rings. The highest BCUT2D eigenvalue weighted by atomic mass is 35.5. The fraction of sp³-hybridized carbons (Fsp3) is 0.300. The standard InChI is InChI=1S/C20H23ClN2/c21-20-10-8-19(9-11-20)17-23-15-13-22(14-16-23)12-4-7-18-5-2-1-3-6-18/h1-11H,12-17H2/p+2/b7-4+. The molecule has 0 radical (unpaired) electrons. The number of rotatable bonds is 5. The van der Waals surface area contributed by atoms with Crippen LogP contribution in [0.2, 0.25) is 5.02 Å². The molecule has 0 spiro atoms. The number of nitrogens with one attached hydrogen (secondary N) is 2. The summed E-state index contributed by atoms with van der Waals surface area (Å²) in [5.41, 5.74) is 2.68. The summed E-state index contributed by atoms with van der Waals surface area (Å²) in [6.07, 6.45) is 4.55. The monoisotopic (exact) mass is 328 g/mol. The van der Waals surface area contributed by atoms with Crippen molar-refractivity contribution in [3.63, 3.8) is 0 Å². The van der Waals surface area contributed by atoms with Crippen molar-refractivity contribution in [2.24, 2.45) is 0 Å². The van der Waals surface area contributed by atoms with Gasteiger partial charge in [0.2, 0.25) is 0 Å². The first-order valence-electron chi connectivity index (χ1n) is 8.43. The maximum atomic E-state index is 5.95. The van der Waals surface area contributed by atoms with Crippen molar-refractivity contribution < 1.29 is 9.80 Å². The molecule has 2 N–H and O–H groups in total. The second kappa shape index (κ2) is 8.30. The molecule has 120 valence electrons. The summed E-state index contributed by atoms with van der Waals surface area (Å²) in [6.45, 7) is 7.24. The van der Waals surface area contributed by atoms with Crippen LogP contribution < -0.4 is 9.80 Å². The normalized spacial score (nSPS) is 21.6. The Morgan fingerprint density at radius 1 is 0.826 bits per heavy atom. The first-order chi connectivity index (χ1) is 11.3. The second-order valence-electron chi connectivity index (χ2n) is 6.32. The molecule has 1 fully saturated rings. The Hall–Kier alpha value is -1.61. The minimum Gasteiger partial charge on any atom is -0.322 e. The summed E-state index contributed by atoms with van der Waals surface area (Å²) in [5, 5.41) is 0.822. The molecule has 2 aromatic carbocycles. The molecule has 3 heteroatoms. The Kier molecular flexibility index (Phi) is 5.87. The van der Waals surface area contributed by atoms with Crippen LogP contribution >= 0.6 is 11.6 Å². The first-order valence-corrected chi connectivity index (χ1v) is 8.80. The zero-order chi connectivity index (χ0) is 15.9. The van der Waals surface area contributed by atoms with Crippen LogP contribution in [-0.2, 0) is 6.54 Å². The van der Waals surface area contributed by atoms with Crippen LogP contribution in [0.5, 0.6) is 0 Å². The van der Waals surface area contributed by atoms with Crippen molar-refractivity contribution in [2.75, 3.05) is 32.7 Å². The number of piperazine rings is 1. The number of halogens is 1. The summed E-state index contributed by atoms with van der Waals surface area (Å²) in [5.74, 6) is 0. The van der Waals surface area contributed by atoms with Gasteiger partial charge in [-0.25, -0.2) is 0 Å². The molecule has 0 amide bonds. The quantitative estimate of drug-likeness (QED) is 0.819. The van der Waals surface area contributed by atoms with Gasteiger partial charge < -0.3 is 9.80 Å². The lowest BCUT2D eigenvalue weighted by atomic mass is 10.2. The molecule has 0 atom stereocenters. The highest BCUT2D eigenvalue weighted by Crippen LogP contribution is 2.08.